The van der Waals surface area contributed by atoms with Crippen LogP contribution in [-0.4, -0.2) is 154 Å². The number of guanidine groups is 1. The van der Waals surface area contributed by atoms with Crippen LogP contribution in [0.25, 0.3) is 0 Å². The van der Waals surface area contributed by atoms with Gasteiger partial charge in [-0.05, 0) is 73.6 Å². The zero-order chi connectivity index (χ0) is 51.8. The Hall–Kier alpha value is -6.22. The molecule has 0 spiro atoms. The number of carbonyl (C=O) groups is 8. The summed E-state index contributed by atoms with van der Waals surface area (Å²) in [4.78, 5) is 119. The number of nitrogens with one attached hydrogen (secondary N) is 4. The number of nitrogens with zero attached hydrogens (tertiary/aromatic N) is 4. The van der Waals surface area contributed by atoms with Crippen LogP contribution in [0.5, 0.6) is 0 Å². The lowest BCUT2D eigenvalue weighted by Crippen LogP contribution is -2.62. The van der Waals surface area contributed by atoms with Crippen LogP contribution < -0.4 is 38.5 Å². The number of aliphatic imine (C=N–C) groups is 1. The number of hydrogen-bond donors (Lipinski definition) is 8. The lowest BCUT2D eigenvalue weighted by molar-refractivity contribution is -0.147. The van der Waals surface area contributed by atoms with Crippen LogP contribution in [0.4, 0.5) is 0 Å². The van der Waals surface area contributed by atoms with Gasteiger partial charge in [0.25, 0.3) is 0 Å². The number of nitrogens with two attached hydrogens (primary N) is 3. The number of aliphatic hydroxyl groups is 1. The van der Waals surface area contributed by atoms with Gasteiger partial charge in [0.2, 0.25) is 47.3 Å². The van der Waals surface area contributed by atoms with E-state index < -0.39 is 96.2 Å². The number of likely N-dealkylation sites (N-methyl/N-ethyl adjacent to an activating group) is 1. The molecule has 1 unspecified atom stereocenters. The summed E-state index contributed by atoms with van der Waals surface area (Å²) in [5, 5.41) is 21.6. The topological polar surface area (TPSA) is 305 Å². The molecule has 1 aliphatic carbocycles. The third-order valence-electron chi connectivity index (χ3n) is 13.9. The molecule has 21 heteroatoms. The van der Waals surface area contributed by atoms with Crippen LogP contribution in [0.3, 0.4) is 0 Å². The standard InChI is InChI=1S/C50H73N11O9S/c1-30(43(51)64)59(3)47(68)40(29-62)58-46(67)42-36(33-16-9-6-10-17-33)21-24-60(42)48(69)38(22-25-71-4)57-45(66)41-27-34-18-11-12-19-35(34)28-61(41)49(70)37(20-13-23-54-50(52)53)56-44(65)39(55-31(2)63)26-32-14-7-5-8-15-32/h6,9-12,16-19,30,32,36-42,62H,5,7-8,13-15,20-29H2,1-4H3,(H2,51,64)(H,55,63)(H,56,65)(H,57,66)(H,58,67)(H4,52,53,54)/t30-,36?,37-,38+,39-,40-,41+,42+/m0/s1. The average molecular weight is 1000 g/mol. The van der Waals surface area contributed by atoms with E-state index in [0.717, 1.165) is 53.7 Å². The summed E-state index contributed by atoms with van der Waals surface area (Å²) in [5.74, 6) is -4.92. The molecule has 0 radical (unpaired) electrons. The molecule has 8 amide bonds. The fourth-order valence-corrected chi connectivity index (χ4v) is 10.4. The normalized spacial score (nSPS) is 19.9. The second-order valence-corrected chi connectivity index (χ2v) is 19.8. The Morgan fingerprint density at radius 3 is 2.06 bits per heavy atom. The molecule has 0 aromatic heterocycles. The first-order valence-corrected chi connectivity index (χ1v) is 26.0. The zero-order valence-electron chi connectivity index (χ0n) is 41.3. The molecule has 5 rings (SSSR count). The molecule has 2 fully saturated rings. The molecule has 3 aliphatic rings. The maximum Gasteiger partial charge on any atom is 0.247 e. The van der Waals surface area contributed by atoms with Crippen molar-refractivity contribution in [1.29, 1.82) is 0 Å². The van der Waals surface area contributed by atoms with Gasteiger partial charge in [-0.25, -0.2) is 0 Å². The van der Waals surface area contributed by atoms with Crippen LogP contribution in [0, 0.1) is 5.92 Å². The predicted octanol–water partition coefficient (Wildman–Crippen LogP) is 0.385. The van der Waals surface area contributed by atoms with Crippen molar-refractivity contribution in [3.05, 3.63) is 71.3 Å². The highest BCUT2D eigenvalue weighted by atomic mass is 32.2. The SMILES string of the molecule is CSCC[C@@H](NC(=O)[C@H]1Cc2ccccc2CN1C(=O)[C@H](CCCN=C(N)N)NC(=O)[C@H](CC1CCCCC1)NC(C)=O)C(=O)N1CCC(c2ccccc2)[C@@H]1C(=O)N[C@@H](CO)C(=O)N(C)[C@@H](C)C(N)=O. The molecule has 2 aromatic rings. The van der Waals surface area contributed by atoms with E-state index >= 15 is 9.59 Å². The van der Waals surface area contributed by atoms with Crippen molar-refractivity contribution in [3.63, 3.8) is 0 Å². The number of hydrogen-bond acceptors (Lipinski definition) is 11. The van der Waals surface area contributed by atoms with Gasteiger partial charge in [0.05, 0.1) is 6.61 Å². The molecule has 0 bridgehead atoms. The van der Waals surface area contributed by atoms with E-state index in [2.05, 4.69) is 26.3 Å². The Kier molecular flexibility index (Phi) is 21.1. The number of fused-ring (bicyclic) bond motifs is 1. The van der Waals surface area contributed by atoms with Crippen molar-refractivity contribution in [2.45, 2.75) is 139 Å². The lowest BCUT2D eigenvalue weighted by Gasteiger charge is -2.39. The molecule has 2 aliphatic heterocycles. The Labute approximate surface area is 420 Å². The summed E-state index contributed by atoms with van der Waals surface area (Å²) >= 11 is 1.45. The fourth-order valence-electron chi connectivity index (χ4n) is 9.90. The van der Waals surface area contributed by atoms with Gasteiger partial charge in [-0.3, -0.25) is 43.3 Å². The van der Waals surface area contributed by atoms with E-state index in [1.54, 1.807) is 0 Å². The Balaban J connectivity index is 1.45. The number of thioether (sulfide) groups is 1. The predicted molar refractivity (Wildman–Crippen MR) is 270 cm³/mol. The maximum absolute atomic E-state index is 15.1. The third kappa shape index (κ3) is 15.1. The average Bonchev–Trinajstić information content (AvgIpc) is 3.82. The Morgan fingerprint density at radius 2 is 1.42 bits per heavy atom. The van der Waals surface area contributed by atoms with Crippen molar-refractivity contribution in [2.75, 3.05) is 38.8 Å². The minimum Gasteiger partial charge on any atom is -0.394 e. The molecular formula is C50H73N11O9S. The first-order chi connectivity index (χ1) is 33.9. The van der Waals surface area contributed by atoms with Gasteiger partial charge < -0.3 is 58.3 Å². The summed E-state index contributed by atoms with van der Waals surface area (Å²) in [6, 6.07) is 8.48. The summed E-state index contributed by atoms with van der Waals surface area (Å²) in [7, 11) is 1.33. The number of amides is 8. The molecule has 20 nitrogen and oxygen atoms in total. The van der Waals surface area contributed by atoms with Crippen molar-refractivity contribution in [1.82, 2.24) is 36.0 Å². The van der Waals surface area contributed by atoms with E-state index in [-0.39, 0.29) is 56.7 Å². The molecular weight excluding hydrogens is 931 g/mol. The molecule has 11 N–H and O–H groups in total. The van der Waals surface area contributed by atoms with Gasteiger partial charge in [-0.2, -0.15) is 11.8 Å². The first kappa shape index (κ1) is 55.7. The first-order valence-electron chi connectivity index (χ1n) is 24.6. The molecule has 1 saturated carbocycles. The van der Waals surface area contributed by atoms with Crippen molar-refractivity contribution in [3.8, 4) is 0 Å². The van der Waals surface area contributed by atoms with E-state index in [1.165, 1.54) is 42.5 Å². The van der Waals surface area contributed by atoms with Crippen LogP contribution >= 0.6 is 11.8 Å². The second-order valence-electron chi connectivity index (χ2n) is 18.9. The monoisotopic (exact) mass is 1000 g/mol. The zero-order valence-corrected chi connectivity index (χ0v) is 42.2. The minimum atomic E-state index is -1.47. The number of benzene rings is 2. The van der Waals surface area contributed by atoms with E-state index in [4.69, 9.17) is 17.2 Å². The molecule has 1 saturated heterocycles. The van der Waals surface area contributed by atoms with Crippen LogP contribution in [0.15, 0.2) is 59.6 Å². The highest BCUT2D eigenvalue weighted by Crippen LogP contribution is 2.35. The van der Waals surface area contributed by atoms with E-state index in [1.807, 2.05) is 60.9 Å². The highest BCUT2D eigenvalue weighted by molar-refractivity contribution is 7.98. The number of likely N-dealkylation sites (tertiary alicyclic amines) is 1. The van der Waals surface area contributed by atoms with Gasteiger partial charge in [0.1, 0.15) is 42.3 Å². The number of primary amides is 1. The van der Waals surface area contributed by atoms with Gasteiger partial charge in [-0.1, -0.05) is 86.7 Å². The second kappa shape index (κ2) is 26.8. The smallest absolute Gasteiger partial charge is 0.247 e. The molecule has 388 valence electrons. The van der Waals surface area contributed by atoms with Gasteiger partial charge in [0, 0.05) is 45.9 Å². The van der Waals surface area contributed by atoms with Crippen LogP contribution in [0.2, 0.25) is 0 Å². The quantitative estimate of drug-likeness (QED) is 0.0426. The highest BCUT2D eigenvalue weighted by Gasteiger charge is 2.47. The summed E-state index contributed by atoms with van der Waals surface area (Å²) in [6.45, 7) is 2.24. The van der Waals surface area contributed by atoms with E-state index in [0.29, 0.717) is 25.0 Å². The molecule has 2 aromatic carbocycles. The Bertz CT molecular complexity index is 2220. The number of carbonyl (C=O) groups excluding carboxylic acids is 8. The fraction of sp³-hybridized carbons (Fsp3) is 0.580. The number of rotatable bonds is 23. The summed E-state index contributed by atoms with van der Waals surface area (Å²) in [6.07, 6.45) is 8.29. The molecule has 8 atom stereocenters. The van der Waals surface area contributed by atoms with E-state index in [9.17, 15) is 33.9 Å². The molecule has 2 heterocycles. The van der Waals surface area contributed by atoms with Crippen molar-refractivity contribution in [2.24, 2.45) is 28.1 Å². The largest absolute Gasteiger partial charge is 0.394 e. The number of aliphatic hydroxyl groups excluding tert-OH is 1. The minimum absolute atomic E-state index is 0.0132. The van der Waals surface area contributed by atoms with Crippen molar-refractivity contribution < 1.29 is 43.5 Å². The van der Waals surface area contributed by atoms with Gasteiger partial charge >= 0.3 is 0 Å². The summed E-state index contributed by atoms with van der Waals surface area (Å²) in [5.41, 5.74) is 19.0. The maximum atomic E-state index is 15.1. The summed E-state index contributed by atoms with van der Waals surface area (Å²) < 4.78 is 0. The molecule has 71 heavy (non-hydrogen) atoms. The Morgan fingerprint density at radius 1 is 0.789 bits per heavy atom. The lowest BCUT2D eigenvalue weighted by atomic mass is 9.84. The van der Waals surface area contributed by atoms with Crippen LogP contribution in [-0.2, 0) is 51.3 Å². The van der Waals surface area contributed by atoms with Gasteiger partial charge in [0.15, 0.2) is 5.96 Å². The third-order valence-corrected chi connectivity index (χ3v) is 14.6. The van der Waals surface area contributed by atoms with Crippen molar-refractivity contribution >= 4 is 65.0 Å². The van der Waals surface area contributed by atoms with Gasteiger partial charge in [-0.15, -0.1) is 0 Å². The van der Waals surface area contributed by atoms with Crippen LogP contribution in [0.1, 0.15) is 101 Å².